The van der Waals surface area contributed by atoms with E-state index in [4.69, 9.17) is 4.98 Å². The SMILES string of the molecule is CC(C)(O)c1ccc(-c2cnn3c2nc(C2C[C@H]4CC[C@@H](C2)N4C(=O)CO)c2cc[nH]c23)cn1. The summed E-state index contributed by atoms with van der Waals surface area (Å²) < 4.78 is 1.83. The van der Waals surface area contributed by atoms with Crippen LogP contribution in [0, 0.1) is 0 Å². The van der Waals surface area contributed by atoms with Crippen LogP contribution in [0.5, 0.6) is 0 Å². The van der Waals surface area contributed by atoms with Crippen LogP contribution in [0.1, 0.15) is 56.8 Å². The van der Waals surface area contributed by atoms with E-state index < -0.39 is 12.2 Å². The summed E-state index contributed by atoms with van der Waals surface area (Å²) in [6, 6.07) is 6.12. The Morgan fingerprint density at radius 3 is 2.59 bits per heavy atom. The molecule has 176 valence electrons. The van der Waals surface area contributed by atoms with Crippen molar-refractivity contribution in [3.8, 4) is 11.1 Å². The van der Waals surface area contributed by atoms with E-state index in [9.17, 15) is 15.0 Å². The van der Waals surface area contributed by atoms with Crippen molar-refractivity contribution in [3.63, 3.8) is 0 Å². The number of H-pyrrole nitrogens is 1. The van der Waals surface area contributed by atoms with Crippen molar-refractivity contribution in [2.75, 3.05) is 6.61 Å². The number of carbonyl (C=O) groups is 1. The molecule has 2 bridgehead atoms. The lowest BCUT2D eigenvalue weighted by Gasteiger charge is -2.38. The first-order chi connectivity index (χ1) is 16.3. The molecule has 2 saturated heterocycles. The minimum atomic E-state index is -1.01. The predicted octanol–water partition coefficient (Wildman–Crippen LogP) is 2.73. The first-order valence-electron chi connectivity index (χ1n) is 11.8. The molecule has 6 heterocycles. The predicted molar refractivity (Wildman–Crippen MR) is 126 cm³/mol. The summed E-state index contributed by atoms with van der Waals surface area (Å²) in [7, 11) is 0. The Morgan fingerprint density at radius 1 is 1.18 bits per heavy atom. The summed E-state index contributed by atoms with van der Waals surface area (Å²) in [5, 5.41) is 25.3. The Bertz CT molecular complexity index is 1370. The van der Waals surface area contributed by atoms with Gasteiger partial charge in [0.25, 0.3) is 0 Å². The molecule has 3 N–H and O–H groups in total. The van der Waals surface area contributed by atoms with Gasteiger partial charge in [-0.25, -0.2) is 4.98 Å². The van der Waals surface area contributed by atoms with Crippen molar-refractivity contribution >= 4 is 22.6 Å². The number of carbonyl (C=O) groups excluding carboxylic acids is 1. The molecule has 0 radical (unpaired) electrons. The standard InChI is InChI=1S/C25H28N6O3/c1-25(2,34)20-6-3-14(11-27-20)19-12-28-31-23-18(7-8-26-23)22(29-24(19)31)15-9-16-4-5-17(10-15)30(16)21(33)13-32/h3,6-8,11-12,15-17,26,32,34H,4-5,9-10,13H2,1-2H3/t15?,16-,17+. The zero-order valence-electron chi connectivity index (χ0n) is 19.3. The second-order valence-electron chi connectivity index (χ2n) is 10.0. The molecule has 9 nitrogen and oxygen atoms in total. The Kier molecular flexibility index (Phi) is 4.76. The second-order valence-corrected chi connectivity index (χ2v) is 10.0. The number of nitrogens with one attached hydrogen (secondary N) is 1. The Morgan fingerprint density at radius 2 is 1.94 bits per heavy atom. The van der Waals surface area contributed by atoms with Gasteiger partial charge in [0.2, 0.25) is 5.91 Å². The van der Waals surface area contributed by atoms with Crippen molar-refractivity contribution in [2.45, 2.75) is 63.1 Å². The van der Waals surface area contributed by atoms with E-state index >= 15 is 0 Å². The van der Waals surface area contributed by atoms with Crippen LogP contribution in [0.4, 0.5) is 0 Å². The number of hydrogen-bond acceptors (Lipinski definition) is 6. The van der Waals surface area contributed by atoms with Gasteiger partial charge in [-0.15, -0.1) is 0 Å². The lowest BCUT2D eigenvalue weighted by atomic mass is 9.86. The van der Waals surface area contributed by atoms with Gasteiger partial charge in [0.1, 0.15) is 17.9 Å². The van der Waals surface area contributed by atoms with Gasteiger partial charge in [-0.1, -0.05) is 6.07 Å². The lowest BCUT2D eigenvalue weighted by molar-refractivity contribution is -0.138. The summed E-state index contributed by atoms with van der Waals surface area (Å²) in [5.74, 6) is 0.0585. The molecule has 4 aromatic heterocycles. The van der Waals surface area contributed by atoms with Crippen LogP contribution in [0.3, 0.4) is 0 Å². The monoisotopic (exact) mass is 460 g/mol. The molecule has 0 saturated carbocycles. The van der Waals surface area contributed by atoms with E-state index in [1.807, 2.05) is 33.8 Å². The number of pyridine rings is 1. The van der Waals surface area contributed by atoms with Crippen LogP contribution in [0.2, 0.25) is 0 Å². The van der Waals surface area contributed by atoms with E-state index in [0.717, 1.165) is 59.2 Å². The highest BCUT2D eigenvalue weighted by Crippen LogP contribution is 2.44. The Labute approximate surface area is 196 Å². The minimum Gasteiger partial charge on any atom is -0.387 e. The molecule has 4 aromatic rings. The highest BCUT2D eigenvalue weighted by molar-refractivity contribution is 5.86. The molecule has 0 aromatic carbocycles. The molecule has 0 aliphatic carbocycles. The fourth-order valence-corrected chi connectivity index (χ4v) is 5.85. The number of aromatic amines is 1. The molecular formula is C25H28N6O3. The molecule has 6 rings (SSSR count). The smallest absolute Gasteiger partial charge is 0.248 e. The Balaban J connectivity index is 1.43. The van der Waals surface area contributed by atoms with Gasteiger partial charge in [-0.3, -0.25) is 9.78 Å². The highest BCUT2D eigenvalue weighted by Gasteiger charge is 2.44. The molecule has 1 amide bonds. The number of rotatable bonds is 4. The number of hydrogen-bond donors (Lipinski definition) is 3. The number of aliphatic hydroxyl groups is 2. The molecule has 1 unspecified atom stereocenters. The van der Waals surface area contributed by atoms with E-state index in [0.29, 0.717) is 5.69 Å². The van der Waals surface area contributed by atoms with Gasteiger partial charge in [0.05, 0.1) is 17.6 Å². The molecule has 2 aliphatic heterocycles. The van der Waals surface area contributed by atoms with Crippen LogP contribution >= 0.6 is 0 Å². The largest absolute Gasteiger partial charge is 0.387 e. The molecule has 34 heavy (non-hydrogen) atoms. The molecule has 2 fully saturated rings. The zero-order chi connectivity index (χ0) is 23.6. The third-order valence-electron chi connectivity index (χ3n) is 7.43. The van der Waals surface area contributed by atoms with Gasteiger partial charge < -0.3 is 20.1 Å². The lowest BCUT2D eigenvalue weighted by Crippen LogP contribution is -2.47. The zero-order valence-corrected chi connectivity index (χ0v) is 19.3. The van der Waals surface area contributed by atoms with Crippen molar-refractivity contribution in [1.82, 2.24) is 29.5 Å². The van der Waals surface area contributed by atoms with Crippen LogP contribution in [-0.2, 0) is 10.4 Å². The van der Waals surface area contributed by atoms with Gasteiger partial charge >= 0.3 is 0 Å². The normalized spacial score (nSPS) is 22.7. The molecule has 3 atom stereocenters. The van der Waals surface area contributed by atoms with Crippen LogP contribution in [0.25, 0.3) is 27.8 Å². The number of nitrogens with zero attached hydrogens (tertiary/aromatic N) is 5. The number of piperidine rings is 1. The molecular weight excluding hydrogens is 432 g/mol. The van der Waals surface area contributed by atoms with E-state index in [-0.39, 0.29) is 23.9 Å². The van der Waals surface area contributed by atoms with E-state index in [1.54, 1.807) is 26.2 Å². The maximum atomic E-state index is 12.3. The van der Waals surface area contributed by atoms with E-state index in [1.165, 1.54) is 0 Å². The molecule has 2 aliphatic rings. The first kappa shape index (κ1) is 21.2. The fourth-order valence-electron chi connectivity index (χ4n) is 5.85. The van der Waals surface area contributed by atoms with E-state index in [2.05, 4.69) is 15.1 Å². The summed E-state index contributed by atoms with van der Waals surface area (Å²) in [4.78, 5) is 27.1. The van der Waals surface area contributed by atoms with Gasteiger partial charge in [0.15, 0.2) is 5.65 Å². The Hall–Kier alpha value is -3.30. The van der Waals surface area contributed by atoms with Crippen molar-refractivity contribution < 1.29 is 15.0 Å². The third-order valence-corrected chi connectivity index (χ3v) is 7.43. The van der Waals surface area contributed by atoms with Crippen molar-refractivity contribution in [3.05, 3.63) is 48.2 Å². The summed E-state index contributed by atoms with van der Waals surface area (Å²) in [6.07, 6.45) is 9.11. The van der Waals surface area contributed by atoms with Crippen LogP contribution in [-0.4, -0.2) is 64.3 Å². The second kappa shape index (κ2) is 7.61. The minimum absolute atomic E-state index is 0.151. The third kappa shape index (κ3) is 3.22. The average Bonchev–Trinajstić information content (AvgIpc) is 3.53. The average molecular weight is 461 g/mol. The van der Waals surface area contributed by atoms with Crippen LogP contribution in [0.15, 0.2) is 36.8 Å². The van der Waals surface area contributed by atoms with Gasteiger partial charge in [-0.05, 0) is 51.7 Å². The number of fused-ring (bicyclic) bond motifs is 5. The van der Waals surface area contributed by atoms with Crippen molar-refractivity contribution in [2.24, 2.45) is 0 Å². The maximum absolute atomic E-state index is 12.3. The summed E-state index contributed by atoms with van der Waals surface area (Å²) in [5.41, 5.74) is 4.04. The number of amides is 1. The fraction of sp³-hybridized carbons (Fsp3) is 0.440. The van der Waals surface area contributed by atoms with Gasteiger partial charge in [0, 0.05) is 46.9 Å². The molecule has 0 spiro atoms. The van der Waals surface area contributed by atoms with Crippen LogP contribution < -0.4 is 0 Å². The first-order valence-corrected chi connectivity index (χ1v) is 11.8. The highest BCUT2D eigenvalue weighted by atomic mass is 16.3. The summed E-state index contributed by atoms with van der Waals surface area (Å²) in [6.45, 7) is 3.00. The summed E-state index contributed by atoms with van der Waals surface area (Å²) >= 11 is 0. The maximum Gasteiger partial charge on any atom is 0.248 e. The van der Waals surface area contributed by atoms with Crippen molar-refractivity contribution in [1.29, 1.82) is 0 Å². The number of aliphatic hydroxyl groups excluding tert-OH is 1. The number of aromatic nitrogens is 5. The molecule has 9 heteroatoms. The quantitative estimate of drug-likeness (QED) is 0.431. The van der Waals surface area contributed by atoms with Gasteiger partial charge in [-0.2, -0.15) is 9.61 Å². The topological polar surface area (TPSA) is 120 Å².